The highest BCUT2D eigenvalue weighted by Gasteiger charge is 2.00. The normalized spacial score (nSPS) is 10.4. The molecule has 0 aliphatic carbocycles. The second-order valence-corrected chi connectivity index (χ2v) is 4.77. The maximum absolute atomic E-state index is 9.07. The topological polar surface area (TPSA) is 58.0 Å². The number of halogens is 1. The van der Waals surface area contributed by atoms with Crippen LogP contribution in [-0.4, -0.2) is 15.1 Å². The Bertz CT molecular complexity index is 525. The van der Waals surface area contributed by atoms with Gasteiger partial charge in [0.15, 0.2) is 0 Å². The van der Waals surface area contributed by atoms with Gasteiger partial charge in [-0.15, -0.1) is 0 Å². The molecule has 1 aromatic carbocycles. The maximum atomic E-state index is 9.07. The standard InChI is InChI=1S/C13H14BrN3O/c1-9-16-12(14)6-13(17-9)15-7-10-3-2-4-11(5-10)8-18/h2-6,18H,7-8H2,1H3,(H,15,16,17). The van der Waals surface area contributed by atoms with Crippen LogP contribution in [0.2, 0.25) is 0 Å². The van der Waals surface area contributed by atoms with E-state index >= 15 is 0 Å². The zero-order chi connectivity index (χ0) is 13.0. The largest absolute Gasteiger partial charge is 0.392 e. The van der Waals surface area contributed by atoms with E-state index in [9.17, 15) is 0 Å². The van der Waals surface area contributed by atoms with E-state index < -0.39 is 0 Å². The third kappa shape index (κ3) is 3.51. The monoisotopic (exact) mass is 307 g/mol. The summed E-state index contributed by atoms with van der Waals surface area (Å²) in [5.74, 6) is 1.50. The van der Waals surface area contributed by atoms with Crippen LogP contribution in [0.25, 0.3) is 0 Å². The Morgan fingerprint density at radius 3 is 2.72 bits per heavy atom. The highest BCUT2D eigenvalue weighted by Crippen LogP contribution is 2.13. The lowest BCUT2D eigenvalue weighted by molar-refractivity contribution is 0.281. The van der Waals surface area contributed by atoms with E-state index in [4.69, 9.17) is 5.11 Å². The Morgan fingerprint density at radius 1 is 1.22 bits per heavy atom. The molecular formula is C13H14BrN3O. The summed E-state index contributed by atoms with van der Waals surface area (Å²) in [4.78, 5) is 8.44. The van der Waals surface area contributed by atoms with E-state index in [0.717, 1.165) is 27.4 Å². The summed E-state index contributed by atoms with van der Waals surface area (Å²) in [6.07, 6.45) is 0. The summed E-state index contributed by atoms with van der Waals surface area (Å²) >= 11 is 3.34. The van der Waals surface area contributed by atoms with E-state index in [1.165, 1.54) is 0 Å². The molecule has 0 spiro atoms. The molecule has 4 nitrogen and oxygen atoms in total. The van der Waals surface area contributed by atoms with Crippen LogP contribution in [0.15, 0.2) is 34.9 Å². The molecule has 18 heavy (non-hydrogen) atoms. The van der Waals surface area contributed by atoms with Gasteiger partial charge in [-0.25, -0.2) is 9.97 Å². The van der Waals surface area contributed by atoms with Gasteiger partial charge in [0.25, 0.3) is 0 Å². The smallest absolute Gasteiger partial charge is 0.131 e. The molecule has 0 bridgehead atoms. The summed E-state index contributed by atoms with van der Waals surface area (Å²) in [5.41, 5.74) is 2.02. The van der Waals surface area contributed by atoms with Crippen LogP contribution < -0.4 is 5.32 Å². The summed E-state index contributed by atoms with van der Waals surface area (Å²) in [6.45, 7) is 2.57. The van der Waals surface area contributed by atoms with Crippen LogP contribution in [0.3, 0.4) is 0 Å². The summed E-state index contributed by atoms with van der Waals surface area (Å²) in [7, 11) is 0. The van der Waals surface area contributed by atoms with Gasteiger partial charge in [-0.1, -0.05) is 24.3 Å². The first-order valence-corrected chi connectivity index (χ1v) is 6.40. The van der Waals surface area contributed by atoms with Crippen molar-refractivity contribution in [3.8, 4) is 0 Å². The Morgan fingerprint density at radius 2 is 2.00 bits per heavy atom. The van der Waals surface area contributed by atoms with Gasteiger partial charge in [0.05, 0.1) is 6.61 Å². The van der Waals surface area contributed by atoms with Gasteiger partial charge in [0.1, 0.15) is 16.2 Å². The lowest BCUT2D eigenvalue weighted by atomic mass is 10.1. The predicted molar refractivity (Wildman–Crippen MR) is 74.2 cm³/mol. The molecule has 94 valence electrons. The number of hydrogen-bond donors (Lipinski definition) is 2. The number of nitrogens with zero attached hydrogens (tertiary/aromatic N) is 2. The second kappa shape index (κ2) is 5.93. The van der Waals surface area contributed by atoms with Crippen molar-refractivity contribution in [1.29, 1.82) is 0 Å². The average Bonchev–Trinajstić information content (AvgIpc) is 2.35. The molecule has 5 heteroatoms. The van der Waals surface area contributed by atoms with Gasteiger partial charge in [0.2, 0.25) is 0 Å². The summed E-state index contributed by atoms with van der Waals surface area (Å²) in [5, 5.41) is 12.3. The van der Waals surface area contributed by atoms with Crippen molar-refractivity contribution >= 4 is 21.7 Å². The lowest BCUT2D eigenvalue weighted by Crippen LogP contribution is -2.03. The van der Waals surface area contributed by atoms with Gasteiger partial charge in [-0.3, -0.25) is 0 Å². The number of benzene rings is 1. The van der Waals surface area contributed by atoms with Crippen LogP contribution in [0.1, 0.15) is 17.0 Å². The van der Waals surface area contributed by atoms with Crippen LogP contribution >= 0.6 is 15.9 Å². The van der Waals surface area contributed by atoms with Crippen molar-refractivity contribution in [3.05, 3.63) is 51.9 Å². The molecule has 0 unspecified atom stereocenters. The van der Waals surface area contributed by atoms with Gasteiger partial charge in [-0.05, 0) is 34.0 Å². The molecule has 0 aliphatic rings. The molecule has 0 amide bonds. The summed E-state index contributed by atoms with van der Waals surface area (Å²) < 4.78 is 0.765. The second-order valence-electron chi connectivity index (χ2n) is 3.95. The van der Waals surface area contributed by atoms with Crippen molar-refractivity contribution in [3.63, 3.8) is 0 Å². The molecule has 2 N–H and O–H groups in total. The minimum absolute atomic E-state index is 0.0615. The van der Waals surface area contributed by atoms with Gasteiger partial charge >= 0.3 is 0 Å². The van der Waals surface area contributed by atoms with Gasteiger partial charge in [-0.2, -0.15) is 0 Å². The van der Waals surface area contributed by atoms with Crippen molar-refractivity contribution in [2.24, 2.45) is 0 Å². The fourth-order valence-electron chi connectivity index (χ4n) is 1.65. The average molecular weight is 308 g/mol. The number of aromatic nitrogens is 2. The van der Waals surface area contributed by atoms with E-state index in [2.05, 4.69) is 31.2 Å². The van der Waals surface area contributed by atoms with Crippen LogP contribution in [-0.2, 0) is 13.2 Å². The van der Waals surface area contributed by atoms with Crippen molar-refractivity contribution < 1.29 is 5.11 Å². The number of nitrogens with one attached hydrogen (secondary N) is 1. The number of hydrogen-bond acceptors (Lipinski definition) is 4. The van der Waals surface area contributed by atoms with Crippen molar-refractivity contribution in [1.82, 2.24) is 9.97 Å². The number of rotatable bonds is 4. The minimum Gasteiger partial charge on any atom is -0.392 e. The SMILES string of the molecule is Cc1nc(Br)cc(NCc2cccc(CO)c2)n1. The molecule has 1 heterocycles. The highest BCUT2D eigenvalue weighted by molar-refractivity contribution is 9.10. The zero-order valence-corrected chi connectivity index (χ0v) is 11.6. The zero-order valence-electron chi connectivity index (χ0n) is 10.0. The van der Waals surface area contributed by atoms with E-state index in [1.807, 2.05) is 37.3 Å². The Balaban J connectivity index is 2.06. The van der Waals surface area contributed by atoms with E-state index in [1.54, 1.807) is 0 Å². The molecule has 1 aromatic heterocycles. The molecule has 2 rings (SSSR count). The molecule has 0 fully saturated rings. The molecular weight excluding hydrogens is 294 g/mol. The fourth-order valence-corrected chi connectivity index (χ4v) is 2.13. The molecule has 0 saturated carbocycles. The van der Waals surface area contributed by atoms with Crippen LogP contribution in [0.4, 0.5) is 5.82 Å². The highest BCUT2D eigenvalue weighted by atomic mass is 79.9. The Labute approximate surface area is 114 Å². The van der Waals surface area contributed by atoms with E-state index in [0.29, 0.717) is 6.54 Å². The maximum Gasteiger partial charge on any atom is 0.131 e. The van der Waals surface area contributed by atoms with Crippen LogP contribution in [0, 0.1) is 6.92 Å². The van der Waals surface area contributed by atoms with Gasteiger partial charge < -0.3 is 10.4 Å². The predicted octanol–water partition coefficient (Wildman–Crippen LogP) is 2.65. The molecule has 0 saturated heterocycles. The molecule has 0 radical (unpaired) electrons. The number of aliphatic hydroxyl groups excluding tert-OH is 1. The molecule has 0 aliphatic heterocycles. The van der Waals surface area contributed by atoms with Crippen LogP contribution in [0.5, 0.6) is 0 Å². The number of aryl methyl sites for hydroxylation is 1. The third-order valence-electron chi connectivity index (χ3n) is 2.45. The lowest BCUT2D eigenvalue weighted by Gasteiger charge is -2.07. The van der Waals surface area contributed by atoms with Crippen molar-refractivity contribution in [2.75, 3.05) is 5.32 Å². The first-order valence-electron chi connectivity index (χ1n) is 5.61. The van der Waals surface area contributed by atoms with Crippen molar-refractivity contribution in [2.45, 2.75) is 20.1 Å². The Kier molecular flexibility index (Phi) is 4.28. The van der Waals surface area contributed by atoms with E-state index in [-0.39, 0.29) is 6.61 Å². The first-order chi connectivity index (χ1) is 8.67. The first kappa shape index (κ1) is 13.0. The Hall–Kier alpha value is -1.46. The fraction of sp³-hybridized carbons (Fsp3) is 0.231. The number of anilines is 1. The molecule has 0 atom stereocenters. The van der Waals surface area contributed by atoms with Gasteiger partial charge in [0, 0.05) is 12.6 Å². The quantitative estimate of drug-likeness (QED) is 0.853. The third-order valence-corrected chi connectivity index (χ3v) is 2.86. The molecule has 2 aromatic rings. The number of aliphatic hydroxyl groups is 1. The summed E-state index contributed by atoms with van der Waals surface area (Å²) in [6, 6.07) is 9.65. The minimum atomic E-state index is 0.0615.